The van der Waals surface area contributed by atoms with Gasteiger partial charge in [0.25, 0.3) is 5.91 Å². The number of hydrogen-bond acceptors (Lipinski definition) is 5. The van der Waals surface area contributed by atoms with Gasteiger partial charge < -0.3 is 20.4 Å². The number of halogens is 3. The lowest BCUT2D eigenvalue weighted by Gasteiger charge is -2.33. The van der Waals surface area contributed by atoms with E-state index in [-0.39, 0.29) is 28.7 Å². The second-order valence-corrected chi connectivity index (χ2v) is 8.61. The van der Waals surface area contributed by atoms with Gasteiger partial charge in [0.15, 0.2) is 0 Å². The molecule has 0 aliphatic carbocycles. The maximum atomic E-state index is 13.0. The van der Waals surface area contributed by atoms with Crippen LogP contribution in [-0.2, 0) is 4.79 Å². The number of hydrogen-bond donors (Lipinski definition) is 3. The van der Waals surface area contributed by atoms with Crippen molar-refractivity contribution in [1.82, 2.24) is 9.88 Å². The Hall–Kier alpha value is -4.41. The average Bonchev–Trinajstić information content (AvgIpc) is 2.88. The molecule has 0 spiro atoms. The lowest BCUT2D eigenvalue weighted by atomic mass is 9.87. The lowest BCUT2D eigenvalue weighted by Crippen LogP contribution is -2.38. The van der Waals surface area contributed by atoms with E-state index >= 15 is 0 Å². The third kappa shape index (κ3) is 5.71. The Morgan fingerprint density at radius 1 is 1.00 bits per heavy atom. The first-order valence-corrected chi connectivity index (χ1v) is 11.4. The number of nitrogens with one attached hydrogen (secondary N) is 2. The zero-order valence-electron chi connectivity index (χ0n) is 19.5. The van der Waals surface area contributed by atoms with Gasteiger partial charge in [0, 0.05) is 30.9 Å². The molecule has 0 bridgehead atoms. The number of nitrogens with zero attached hydrogens (tertiary/aromatic N) is 1. The highest BCUT2D eigenvalue weighted by Crippen LogP contribution is 2.37. The molecule has 1 amide bonds. The number of rotatable bonds is 5. The van der Waals surface area contributed by atoms with Crippen LogP contribution in [0.1, 0.15) is 40.2 Å². The molecular formula is C26H23F3N4O4. The number of para-hydroxylation sites is 1. The molecule has 2 aromatic carbocycles. The number of nitrogens with two attached hydrogens (primary N) is 1. The van der Waals surface area contributed by atoms with E-state index in [1.54, 1.807) is 53.6 Å². The van der Waals surface area contributed by atoms with Gasteiger partial charge in [-0.3, -0.25) is 15.0 Å². The molecule has 8 nitrogen and oxygen atoms in total. The predicted octanol–water partition coefficient (Wildman–Crippen LogP) is 3.81. The Morgan fingerprint density at radius 3 is 2.22 bits per heavy atom. The van der Waals surface area contributed by atoms with Gasteiger partial charge in [0.2, 0.25) is 5.56 Å². The first kappa shape index (κ1) is 25.7. The summed E-state index contributed by atoms with van der Waals surface area (Å²) in [5.41, 5.74) is 7.65. The van der Waals surface area contributed by atoms with Gasteiger partial charge in [-0.1, -0.05) is 24.3 Å². The number of amides is 1. The van der Waals surface area contributed by atoms with E-state index in [1.807, 2.05) is 0 Å². The highest BCUT2D eigenvalue weighted by atomic mass is 19.4. The molecule has 1 aliphatic rings. The van der Waals surface area contributed by atoms with Gasteiger partial charge in [-0.2, -0.15) is 13.2 Å². The summed E-state index contributed by atoms with van der Waals surface area (Å²) >= 11 is 0. The van der Waals surface area contributed by atoms with Crippen LogP contribution in [0.3, 0.4) is 0 Å². The van der Waals surface area contributed by atoms with Crippen molar-refractivity contribution < 1.29 is 27.5 Å². The number of carbonyl (C=O) groups excluding carboxylic acids is 2. The summed E-state index contributed by atoms with van der Waals surface area (Å²) in [5.74, 6) is -3.78. The van der Waals surface area contributed by atoms with Crippen molar-refractivity contribution in [3.63, 3.8) is 0 Å². The molecule has 1 fully saturated rings. The quantitative estimate of drug-likeness (QED) is 0.207. The Morgan fingerprint density at radius 2 is 1.65 bits per heavy atom. The predicted molar refractivity (Wildman–Crippen MR) is 130 cm³/mol. The van der Waals surface area contributed by atoms with Crippen LogP contribution < -0.4 is 16.0 Å². The van der Waals surface area contributed by atoms with Crippen LogP contribution in [0.5, 0.6) is 5.75 Å². The number of ether oxygens (including phenoxy) is 1. The number of pyridine rings is 1. The number of piperidine rings is 1. The SMILES string of the molecule is N=C(N)c1cccc(C2CCN(C(=O)c3ccc(-c4ccc(=O)[nH]c4)cc3)CC2)c1OC(=O)C(F)(F)F. The molecule has 3 aromatic rings. The largest absolute Gasteiger partial charge is 0.491 e. The van der Waals surface area contributed by atoms with Crippen molar-refractivity contribution in [2.24, 2.45) is 5.73 Å². The second-order valence-electron chi connectivity index (χ2n) is 8.61. The van der Waals surface area contributed by atoms with Crippen LogP contribution in [0.15, 0.2) is 65.6 Å². The smallest absolute Gasteiger partial charge is 0.419 e. The molecule has 0 unspecified atom stereocenters. The molecule has 4 rings (SSSR count). The number of H-pyrrole nitrogens is 1. The van der Waals surface area contributed by atoms with Gasteiger partial charge in [-0.05, 0) is 59.7 Å². The van der Waals surface area contributed by atoms with E-state index in [0.717, 1.165) is 11.1 Å². The normalized spacial score (nSPS) is 14.3. The van der Waals surface area contributed by atoms with Crippen molar-refractivity contribution >= 4 is 17.7 Å². The number of aromatic nitrogens is 1. The third-order valence-electron chi connectivity index (χ3n) is 6.23. The number of benzene rings is 2. The highest BCUT2D eigenvalue weighted by Gasteiger charge is 2.42. The first-order chi connectivity index (χ1) is 17.5. The molecule has 11 heteroatoms. The van der Waals surface area contributed by atoms with Crippen molar-refractivity contribution in [3.8, 4) is 16.9 Å². The minimum atomic E-state index is -5.20. The summed E-state index contributed by atoms with van der Waals surface area (Å²) in [4.78, 5) is 40.1. The van der Waals surface area contributed by atoms with Crippen molar-refractivity contribution in [1.29, 1.82) is 5.41 Å². The number of esters is 1. The van der Waals surface area contributed by atoms with Crippen molar-refractivity contribution in [2.45, 2.75) is 24.9 Å². The number of aromatic amines is 1. The second kappa shape index (κ2) is 10.3. The molecule has 0 saturated carbocycles. The van der Waals surface area contributed by atoms with E-state index in [4.69, 9.17) is 11.1 Å². The van der Waals surface area contributed by atoms with E-state index in [9.17, 15) is 27.6 Å². The summed E-state index contributed by atoms with van der Waals surface area (Å²) in [7, 11) is 0. The lowest BCUT2D eigenvalue weighted by molar-refractivity contribution is -0.189. The zero-order chi connectivity index (χ0) is 26.7. The topological polar surface area (TPSA) is 129 Å². The monoisotopic (exact) mass is 512 g/mol. The highest BCUT2D eigenvalue weighted by molar-refractivity contribution is 5.99. The molecule has 2 heterocycles. The van der Waals surface area contributed by atoms with Gasteiger partial charge in [0.1, 0.15) is 11.6 Å². The standard InChI is InChI=1S/C26H23F3N4O4/c27-26(28,29)25(36)37-22-19(2-1-3-20(22)23(30)31)16-10-12-33(13-11-16)24(35)17-6-4-15(5-7-17)18-8-9-21(34)32-14-18/h1-9,14,16H,10-13H2,(H3,30,31)(H,32,34). The fraction of sp³-hybridized carbons (Fsp3) is 0.231. The van der Waals surface area contributed by atoms with Gasteiger partial charge in [0.05, 0.1) is 5.56 Å². The van der Waals surface area contributed by atoms with Crippen molar-refractivity contribution in [3.05, 3.63) is 87.8 Å². The molecule has 192 valence electrons. The van der Waals surface area contributed by atoms with E-state index in [2.05, 4.69) is 9.72 Å². The summed E-state index contributed by atoms with van der Waals surface area (Å²) < 4.78 is 43.3. The molecule has 1 aromatic heterocycles. The average molecular weight is 512 g/mol. The van der Waals surface area contributed by atoms with Crippen molar-refractivity contribution in [2.75, 3.05) is 13.1 Å². The minimum absolute atomic E-state index is 0.101. The molecule has 1 aliphatic heterocycles. The molecular weight excluding hydrogens is 489 g/mol. The molecule has 1 saturated heterocycles. The maximum Gasteiger partial charge on any atom is 0.491 e. The van der Waals surface area contributed by atoms with Crippen LogP contribution in [0.2, 0.25) is 0 Å². The van der Waals surface area contributed by atoms with Crippen LogP contribution in [-0.4, -0.2) is 46.9 Å². The van der Waals surface area contributed by atoms with Gasteiger partial charge in [-0.25, -0.2) is 4.79 Å². The Balaban J connectivity index is 1.47. The summed E-state index contributed by atoms with van der Waals surface area (Å²) in [5, 5.41) is 7.69. The van der Waals surface area contributed by atoms with E-state index in [0.29, 0.717) is 37.1 Å². The Labute approximate surface area is 209 Å². The number of nitrogen functional groups attached to an aromatic ring is 1. The van der Waals surface area contributed by atoms with Gasteiger partial charge in [-0.15, -0.1) is 0 Å². The fourth-order valence-electron chi connectivity index (χ4n) is 4.32. The van der Waals surface area contributed by atoms with E-state index < -0.39 is 18.0 Å². The molecule has 0 atom stereocenters. The van der Waals surface area contributed by atoms with E-state index in [1.165, 1.54) is 12.1 Å². The maximum absolute atomic E-state index is 13.0. The third-order valence-corrected chi connectivity index (χ3v) is 6.23. The molecule has 37 heavy (non-hydrogen) atoms. The number of amidine groups is 1. The van der Waals surface area contributed by atoms with Crippen LogP contribution in [0, 0.1) is 5.41 Å². The summed E-state index contributed by atoms with van der Waals surface area (Å²) in [6.07, 6.45) is -2.78. The Kier molecular flexibility index (Phi) is 7.14. The van der Waals surface area contributed by atoms with Crippen LogP contribution >= 0.6 is 0 Å². The number of likely N-dealkylation sites (tertiary alicyclic amines) is 1. The first-order valence-electron chi connectivity index (χ1n) is 11.4. The zero-order valence-corrected chi connectivity index (χ0v) is 19.5. The van der Waals surface area contributed by atoms with Crippen LogP contribution in [0.4, 0.5) is 13.2 Å². The van der Waals surface area contributed by atoms with Crippen LogP contribution in [0.25, 0.3) is 11.1 Å². The fourth-order valence-corrected chi connectivity index (χ4v) is 4.32. The summed E-state index contributed by atoms with van der Waals surface area (Å²) in [6.45, 7) is 0.671. The van der Waals surface area contributed by atoms with Gasteiger partial charge >= 0.3 is 12.1 Å². The molecule has 0 radical (unpaired) electrons. The summed E-state index contributed by atoms with van der Waals surface area (Å²) in [6, 6.07) is 14.5. The Bertz CT molecular complexity index is 1370. The molecule has 4 N–H and O–H groups in total. The number of carbonyl (C=O) groups is 2. The minimum Gasteiger partial charge on any atom is -0.419 e. The number of alkyl halides is 3.